The SMILES string of the molecule is Cc1c(C(=O)Nc2cccc3c2CCC3(C)C)c(I)nn1C. The normalized spacial score (nSPS) is 15.7. The maximum absolute atomic E-state index is 12.7. The second-order valence-electron chi connectivity index (χ2n) is 6.54. The molecule has 0 unspecified atom stereocenters. The molecule has 0 bridgehead atoms. The molecule has 22 heavy (non-hydrogen) atoms. The van der Waals surface area contributed by atoms with Gasteiger partial charge in [0.1, 0.15) is 3.70 Å². The molecule has 1 N–H and O–H groups in total. The first-order chi connectivity index (χ1) is 10.3. The lowest BCUT2D eigenvalue weighted by Gasteiger charge is -2.19. The van der Waals surface area contributed by atoms with E-state index in [4.69, 9.17) is 0 Å². The highest BCUT2D eigenvalue weighted by atomic mass is 127. The van der Waals surface area contributed by atoms with Crippen molar-refractivity contribution in [2.45, 2.75) is 39.0 Å². The van der Waals surface area contributed by atoms with E-state index in [0.29, 0.717) is 5.56 Å². The zero-order chi connectivity index (χ0) is 16.1. The molecule has 0 aliphatic heterocycles. The summed E-state index contributed by atoms with van der Waals surface area (Å²) >= 11 is 2.11. The van der Waals surface area contributed by atoms with E-state index in [1.165, 1.54) is 11.1 Å². The van der Waals surface area contributed by atoms with Crippen LogP contribution in [-0.2, 0) is 18.9 Å². The number of nitrogens with one attached hydrogen (secondary N) is 1. The number of anilines is 1. The number of rotatable bonds is 2. The Morgan fingerprint density at radius 3 is 2.77 bits per heavy atom. The van der Waals surface area contributed by atoms with Gasteiger partial charge in [0.2, 0.25) is 0 Å². The number of nitrogens with zero attached hydrogens (tertiary/aromatic N) is 2. The molecule has 1 aromatic carbocycles. The highest BCUT2D eigenvalue weighted by Gasteiger charge is 2.31. The Labute approximate surface area is 144 Å². The number of aryl methyl sites for hydroxylation is 1. The van der Waals surface area contributed by atoms with Gasteiger partial charge < -0.3 is 5.32 Å². The van der Waals surface area contributed by atoms with Crippen molar-refractivity contribution in [3.63, 3.8) is 0 Å². The molecule has 4 nitrogen and oxygen atoms in total. The van der Waals surface area contributed by atoms with Gasteiger partial charge >= 0.3 is 0 Å². The predicted octanol–water partition coefficient (Wildman–Crippen LogP) is 3.81. The van der Waals surface area contributed by atoms with Crippen molar-refractivity contribution < 1.29 is 4.79 Å². The maximum atomic E-state index is 12.7. The van der Waals surface area contributed by atoms with E-state index in [2.05, 4.69) is 52.9 Å². The minimum absolute atomic E-state index is 0.0758. The number of halogens is 1. The lowest BCUT2D eigenvalue weighted by atomic mass is 9.86. The fraction of sp³-hybridized carbons (Fsp3) is 0.412. The summed E-state index contributed by atoms with van der Waals surface area (Å²) in [4.78, 5) is 12.7. The van der Waals surface area contributed by atoms with Crippen molar-refractivity contribution >= 4 is 34.2 Å². The standard InChI is InChI=1S/C17H20IN3O/c1-10-14(15(18)20-21(10)4)16(22)19-13-7-5-6-12-11(13)8-9-17(12,2)3/h5-7H,8-9H2,1-4H3,(H,19,22). The van der Waals surface area contributed by atoms with Crippen LogP contribution in [0.5, 0.6) is 0 Å². The lowest BCUT2D eigenvalue weighted by Crippen LogP contribution is -2.16. The number of carbonyl (C=O) groups is 1. The van der Waals surface area contributed by atoms with Crippen LogP contribution >= 0.6 is 22.6 Å². The first kappa shape index (κ1) is 15.5. The van der Waals surface area contributed by atoms with Crippen molar-refractivity contribution in [3.05, 3.63) is 44.3 Å². The van der Waals surface area contributed by atoms with Gasteiger partial charge in [-0.2, -0.15) is 5.10 Å². The van der Waals surface area contributed by atoms with Crippen LogP contribution in [0.15, 0.2) is 18.2 Å². The molecule has 0 saturated carbocycles. The van der Waals surface area contributed by atoms with Crippen molar-refractivity contribution in [2.75, 3.05) is 5.32 Å². The predicted molar refractivity (Wildman–Crippen MR) is 96.4 cm³/mol. The van der Waals surface area contributed by atoms with Crippen molar-refractivity contribution in [2.24, 2.45) is 7.05 Å². The minimum Gasteiger partial charge on any atom is -0.322 e. The van der Waals surface area contributed by atoms with E-state index in [0.717, 1.165) is 27.9 Å². The largest absolute Gasteiger partial charge is 0.322 e. The highest BCUT2D eigenvalue weighted by Crippen LogP contribution is 2.41. The number of fused-ring (bicyclic) bond motifs is 1. The summed E-state index contributed by atoms with van der Waals surface area (Å²) in [5, 5.41) is 7.41. The van der Waals surface area contributed by atoms with E-state index in [1.54, 1.807) is 4.68 Å². The third kappa shape index (κ3) is 2.45. The van der Waals surface area contributed by atoms with Gasteiger partial charge in [0, 0.05) is 18.4 Å². The summed E-state index contributed by atoms with van der Waals surface area (Å²) in [5.74, 6) is -0.0758. The number of hydrogen-bond donors (Lipinski definition) is 1. The van der Waals surface area contributed by atoms with Crippen LogP contribution in [0.25, 0.3) is 0 Å². The molecule has 0 atom stereocenters. The molecule has 0 fully saturated rings. The van der Waals surface area contributed by atoms with Crippen LogP contribution in [-0.4, -0.2) is 15.7 Å². The zero-order valence-corrected chi connectivity index (χ0v) is 15.5. The molecule has 0 spiro atoms. The van der Waals surface area contributed by atoms with Crippen LogP contribution in [0.1, 0.15) is 47.4 Å². The number of carbonyl (C=O) groups excluding carboxylic acids is 1. The smallest absolute Gasteiger partial charge is 0.260 e. The lowest BCUT2D eigenvalue weighted by molar-refractivity contribution is 0.102. The third-order valence-corrected chi connectivity index (χ3v) is 5.43. The number of amides is 1. The van der Waals surface area contributed by atoms with Crippen molar-refractivity contribution in [1.29, 1.82) is 0 Å². The van der Waals surface area contributed by atoms with Crippen LogP contribution in [0.4, 0.5) is 5.69 Å². The maximum Gasteiger partial charge on any atom is 0.260 e. The van der Waals surface area contributed by atoms with E-state index in [1.807, 2.05) is 26.1 Å². The molecular formula is C17H20IN3O. The number of aromatic nitrogens is 2. The molecule has 1 amide bonds. The van der Waals surface area contributed by atoms with Gasteiger partial charge in [-0.15, -0.1) is 0 Å². The van der Waals surface area contributed by atoms with Gasteiger partial charge in [0.15, 0.2) is 0 Å². The molecule has 1 aliphatic rings. The van der Waals surface area contributed by atoms with Crippen LogP contribution < -0.4 is 5.32 Å². The molecular weight excluding hydrogens is 389 g/mol. The van der Waals surface area contributed by atoms with Gasteiger partial charge in [0.25, 0.3) is 5.91 Å². The molecule has 1 aliphatic carbocycles. The first-order valence-electron chi connectivity index (χ1n) is 7.44. The second-order valence-corrected chi connectivity index (χ2v) is 7.57. The monoisotopic (exact) mass is 409 g/mol. The topological polar surface area (TPSA) is 46.9 Å². The summed E-state index contributed by atoms with van der Waals surface area (Å²) in [6.45, 7) is 6.44. The van der Waals surface area contributed by atoms with Gasteiger partial charge in [-0.05, 0) is 65.0 Å². The molecule has 0 saturated heterocycles. The Balaban J connectivity index is 1.95. The Morgan fingerprint density at radius 2 is 2.14 bits per heavy atom. The zero-order valence-electron chi connectivity index (χ0n) is 13.3. The summed E-state index contributed by atoms with van der Waals surface area (Å²) in [6.07, 6.45) is 2.14. The third-order valence-electron chi connectivity index (χ3n) is 4.67. The Hall–Kier alpha value is -1.37. The van der Waals surface area contributed by atoms with Crippen LogP contribution in [0, 0.1) is 10.6 Å². The second kappa shape index (κ2) is 5.37. The van der Waals surface area contributed by atoms with E-state index in [-0.39, 0.29) is 11.3 Å². The van der Waals surface area contributed by atoms with E-state index < -0.39 is 0 Å². The highest BCUT2D eigenvalue weighted by molar-refractivity contribution is 14.1. The Morgan fingerprint density at radius 1 is 1.41 bits per heavy atom. The molecule has 1 aromatic heterocycles. The van der Waals surface area contributed by atoms with Gasteiger partial charge in [-0.25, -0.2) is 0 Å². The molecule has 3 rings (SSSR count). The van der Waals surface area contributed by atoms with Crippen LogP contribution in [0.2, 0.25) is 0 Å². The fourth-order valence-corrected chi connectivity index (χ4v) is 4.15. The summed E-state index contributed by atoms with van der Waals surface area (Å²) < 4.78 is 2.48. The number of benzene rings is 1. The minimum atomic E-state index is -0.0758. The van der Waals surface area contributed by atoms with Gasteiger partial charge in [0.05, 0.1) is 5.56 Å². The summed E-state index contributed by atoms with van der Waals surface area (Å²) in [7, 11) is 1.86. The average molecular weight is 409 g/mol. The molecule has 5 heteroatoms. The molecule has 116 valence electrons. The molecule has 1 heterocycles. The van der Waals surface area contributed by atoms with Crippen molar-refractivity contribution in [1.82, 2.24) is 9.78 Å². The van der Waals surface area contributed by atoms with Crippen LogP contribution in [0.3, 0.4) is 0 Å². The quantitative estimate of drug-likeness (QED) is 0.767. The Kier molecular flexibility index (Phi) is 3.79. The molecule has 0 radical (unpaired) electrons. The average Bonchev–Trinajstić information content (AvgIpc) is 2.88. The Bertz CT molecular complexity index is 762. The first-order valence-corrected chi connectivity index (χ1v) is 8.52. The van der Waals surface area contributed by atoms with Gasteiger partial charge in [-0.3, -0.25) is 9.48 Å². The van der Waals surface area contributed by atoms with E-state index >= 15 is 0 Å². The van der Waals surface area contributed by atoms with E-state index in [9.17, 15) is 4.79 Å². The summed E-state index contributed by atoms with van der Waals surface area (Å²) in [6, 6.07) is 6.20. The van der Waals surface area contributed by atoms with Gasteiger partial charge in [-0.1, -0.05) is 26.0 Å². The number of hydrogen-bond acceptors (Lipinski definition) is 2. The fourth-order valence-electron chi connectivity index (χ4n) is 3.19. The van der Waals surface area contributed by atoms with Crippen molar-refractivity contribution in [3.8, 4) is 0 Å². The molecule has 2 aromatic rings. The summed E-state index contributed by atoms with van der Waals surface area (Å²) in [5.41, 5.74) is 5.30.